The number of halogens is 1. The van der Waals surface area contributed by atoms with Crippen LogP contribution in [0.4, 0.5) is 5.13 Å². The van der Waals surface area contributed by atoms with Crippen LogP contribution in [0, 0.1) is 0 Å². The molecule has 0 spiro atoms. The average Bonchev–Trinajstić information content (AvgIpc) is 3.34. The number of hydrogen-bond acceptors (Lipinski definition) is 6. The molecule has 0 aliphatic heterocycles. The van der Waals surface area contributed by atoms with Gasteiger partial charge in [0.1, 0.15) is 11.3 Å². The van der Waals surface area contributed by atoms with Crippen LogP contribution in [0.1, 0.15) is 16.1 Å². The third-order valence-corrected chi connectivity index (χ3v) is 5.68. The number of aryl methyl sites for hydroxylation is 1. The van der Waals surface area contributed by atoms with Crippen molar-refractivity contribution in [3.05, 3.63) is 65.2 Å². The summed E-state index contributed by atoms with van der Waals surface area (Å²) >= 11 is 7.69. The molecule has 28 heavy (non-hydrogen) atoms. The van der Waals surface area contributed by atoms with E-state index in [1.165, 1.54) is 11.3 Å². The van der Waals surface area contributed by atoms with Crippen molar-refractivity contribution in [2.24, 2.45) is 7.05 Å². The van der Waals surface area contributed by atoms with Gasteiger partial charge in [0.25, 0.3) is 5.91 Å². The smallest absolute Gasteiger partial charge is 0.280 e. The molecule has 4 aromatic rings. The fourth-order valence-electron chi connectivity index (χ4n) is 2.79. The molecule has 0 saturated carbocycles. The summed E-state index contributed by atoms with van der Waals surface area (Å²) < 4.78 is 7.75. The molecule has 0 atom stereocenters. The normalized spacial score (nSPS) is 11.0. The number of anilines is 1. The number of carbonyl (C=O) groups is 1. The number of hydrogen-bond donors (Lipinski definition) is 0. The maximum absolute atomic E-state index is 13.2. The first-order valence-corrected chi connectivity index (χ1v) is 9.59. The highest BCUT2D eigenvalue weighted by Gasteiger charge is 2.25. The van der Waals surface area contributed by atoms with Gasteiger partial charge in [-0.25, -0.2) is 4.98 Å². The Labute approximate surface area is 170 Å². The second-order valence-corrected chi connectivity index (χ2v) is 7.44. The summed E-state index contributed by atoms with van der Waals surface area (Å²) in [6.07, 6.45) is 5.14. The molecule has 142 valence electrons. The highest BCUT2D eigenvalue weighted by molar-refractivity contribution is 7.23. The molecule has 0 radical (unpaired) electrons. The molecular formula is C19H16ClN5O2S. The van der Waals surface area contributed by atoms with Gasteiger partial charge in [-0.15, -0.1) is 0 Å². The van der Waals surface area contributed by atoms with Gasteiger partial charge in [0.15, 0.2) is 10.8 Å². The summed E-state index contributed by atoms with van der Waals surface area (Å²) in [6, 6.07) is 8.94. The van der Waals surface area contributed by atoms with Gasteiger partial charge >= 0.3 is 0 Å². The largest absolute Gasteiger partial charge is 0.494 e. The number of fused-ring (bicyclic) bond motifs is 1. The van der Waals surface area contributed by atoms with Crippen molar-refractivity contribution in [3.63, 3.8) is 0 Å². The highest BCUT2D eigenvalue weighted by Crippen LogP contribution is 2.39. The van der Waals surface area contributed by atoms with E-state index >= 15 is 0 Å². The van der Waals surface area contributed by atoms with Crippen LogP contribution in [-0.2, 0) is 13.6 Å². The van der Waals surface area contributed by atoms with Gasteiger partial charge in [-0.3, -0.25) is 19.4 Å². The summed E-state index contributed by atoms with van der Waals surface area (Å²) in [5.41, 5.74) is 1.84. The second kappa shape index (κ2) is 7.57. The van der Waals surface area contributed by atoms with Gasteiger partial charge in [0.05, 0.1) is 23.4 Å². The van der Waals surface area contributed by atoms with Gasteiger partial charge in [-0.2, -0.15) is 5.10 Å². The van der Waals surface area contributed by atoms with E-state index in [2.05, 4.69) is 15.1 Å². The standard InChI is InChI=1S/C19H16ClN5O2S/c1-24-9-7-14(23-24)18(26)25(11-12-4-3-8-21-10-12)19-22-16-15(27-2)6-5-13(20)17(16)28-19/h3-10H,11H2,1-2H3. The molecule has 7 nitrogen and oxygen atoms in total. The molecule has 0 bridgehead atoms. The van der Waals surface area contributed by atoms with Crippen molar-refractivity contribution < 1.29 is 9.53 Å². The Morgan fingerprint density at radius 1 is 1.32 bits per heavy atom. The Morgan fingerprint density at radius 2 is 2.18 bits per heavy atom. The monoisotopic (exact) mass is 413 g/mol. The fraction of sp³-hybridized carbons (Fsp3) is 0.158. The average molecular weight is 414 g/mol. The third kappa shape index (κ3) is 3.44. The van der Waals surface area contributed by atoms with Crippen molar-refractivity contribution in [1.82, 2.24) is 19.7 Å². The molecule has 1 amide bonds. The van der Waals surface area contributed by atoms with E-state index in [4.69, 9.17) is 16.3 Å². The van der Waals surface area contributed by atoms with Gasteiger partial charge in [-0.1, -0.05) is 29.0 Å². The van der Waals surface area contributed by atoms with Crippen LogP contribution in [0.15, 0.2) is 48.9 Å². The van der Waals surface area contributed by atoms with Crippen molar-refractivity contribution in [2.75, 3.05) is 12.0 Å². The molecule has 3 aromatic heterocycles. The summed E-state index contributed by atoms with van der Waals surface area (Å²) in [5, 5.41) is 5.32. The van der Waals surface area contributed by atoms with E-state index in [0.29, 0.717) is 33.7 Å². The Bertz CT molecular complexity index is 1140. The lowest BCUT2D eigenvalue weighted by molar-refractivity contribution is 0.0979. The van der Waals surface area contributed by atoms with Gasteiger partial charge in [-0.05, 0) is 29.8 Å². The number of aromatic nitrogens is 4. The number of methoxy groups -OCH3 is 1. The lowest BCUT2D eigenvalue weighted by Gasteiger charge is -2.18. The zero-order chi connectivity index (χ0) is 19.7. The number of benzene rings is 1. The van der Waals surface area contributed by atoms with E-state index < -0.39 is 0 Å². The number of pyridine rings is 1. The predicted octanol–water partition coefficient (Wildman–Crippen LogP) is 3.93. The Morgan fingerprint density at radius 3 is 2.86 bits per heavy atom. The molecule has 0 saturated heterocycles. The molecular weight excluding hydrogens is 398 g/mol. The SMILES string of the molecule is COc1ccc(Cl)c2sc(N(Cc3cccnc3)C(=O)c3ccn(C)n3)nc12. The number of amides is 1. The summed E-state index contributed by atoms with van der Waals surface area (Å²) in [5.74, 6) is 0.354. The Hall–Kier alpha value is -2.97. The van der Waals surface area contributed by atoms with Gasteiger partial charge < -0.3 is 4.74 Å². The molecule has 0 aliphatic carbocycles. The van der Waals surface area contributed by atoms with Crippen LogP contribution >= 0.6 is 22.9 Å². The van der Waals surface area contributed by atoms with E-state index in [9.17, 15) is 4.79 Å². The first-order valence-electron chi connectivity index (χ1n) is 8.40. The van der Waals surface area contributed by atoms with Crippen molar-refractivity contribution in [3.8, 4) is 5.75 Å². The number of rotatable bonds is 5. The highest BCUT2D eigenvalue weighted by atomic mass is 35.5. The second-order valence-electron chi connectivity index (χ2n) is 6.05. The van der Waals surface area contributed by atoms with E-state index in [0.717, 1.165) is 10.3 Å². The molecule has 0 unspecified atom stereocenters. The van der Waals surface area contributed by atoms with E-state index in [-0.39, 0.29) is 5.91 Å². The molecule has 9 heteroatoms. The van der Waals surface area contributed by atoms with Gasteiger partial charge in [0, 0.05) is 25.6 Å². The quantitative estimate of drug-likeness (QED) is 0.495. The van der Waals surface area contributed by atoms with Crippen molar-refractivity contribution in [1.29, 1.82) is 0 Å². The van der Waals surface area contributed by atoms with E-state index in [1.54, 1.807) is 60.5 Å². The zero-order valence-electron chi connectivity index (χ0n) is 15.2. The number of thiazole rings is 1. The minimum absolute atomic E-state index is 0.251. The third-order valence-electron chi connectivity index (χ3n) is 4.14. The molecule has 3 heterocycles. The molecule has 4 rings (SSSR count). The summed E-state index contributed by atoms with van der Waals surface area (Å²) in [6.45, 7) is 0.309. The molecule has 0 fully saturated rings. The Balaban J connectivity index is 1.82. The van der Waals surface area contributed by atoms with Crippen LogP contribution in [0.3, 0.4) is 0 Å². The first kappa shape index (κ1) is 18.4. The summed E-state index contributed by atoms with van der Waals surface area (Å²) in [4.78, 5) is 23.6. The Kier molecular flexibility index (Phi) is 4.97. The zero-order valence-corrected chi connectivity index (χ0v) is 16.7. The molecule has 0 aliphatic rings. The maximum Gasteiger partial charge on any atom is 0.280 e. The number of carbonyl (C=O) groups excluding carboxylic acids is 1. The minimum Gasteiger partial charge on any atom is -0.494 e. The summed E-state index contributed by atoms with van der Waals surface area (Å²) in [7, 11) is 3.35. The predicted molar refractivity (Wildman–Crippen MR) is 109 cm³/mol. The van der Waals surface area contributed by atoms with Crippen LogP contribution in [0.25, 0.3) is 10.2 Å². The lowest BCUT2D eigenvalue weighted by Crippen LogP contribution is -2.30. The fourth-order valence-corrected chi connectivity index (χ4v) is 4.04. The van der Waals surface area contributed by atoms with Crippen LogP contribution < -0.4 is 9.64 Å². The number of ether oxygens (including phenoxy) is 1. The maximum atomic E-state index is 13.2. The van der Waals surface area contributed by atoms with Crippen LogP contribution in [0.2, 0.25) is 5.02 Å². The van der Waals surface area contributed by atoms with Crippen LogP contribution in [-0.4, -0.2) is 32.8 Å². The number of nitrogens with zero attached hydrogens (tertiary/aromatic N) is 5. The molecule has 1 aromatic carbocycles. The minimum atomic E-state index is -0.251. The molecule has 0 N–H and O–H groups in total. The van der Waals surface area contributed by atoms with Crippen molar-refractivity contribution >= 4 is 44.2 Å². The lowest BCUT2D eigenvalue weighted by atomic mass is 10.2. The van der Waals surface area contributed by atoms with Gasteiger partial charge in [0.2, 0.25) is 0 Å². The van der Waals surface area contributed by atoms with E-state index in [1.807, 2.05) is 12.1 Å². The topological polar surface area (TPSA) is 73.1 Å². The van der Waals surface area contributed by atoms with Crippen LogP contribution in [0.5, 0.6) is 5.75 Å². The first-order chi connectivity index (χ1) is 13.6. The van der Waals surface area contributed by atoms with Crippen molar-refractivity contribution in [2.45, 2.75) is 6.54 Å².